The molecule has 2 amide bonds. The number of carbonyl (C=O) groups excluding carboxylic acids is 1. The Labute approximate surface area is 189 Å². The molecule has 5 rings (SSSR count). The molecule has 4 aromatic rings. The second kappa shape index (κ2) is 8.13. The first kappa shape index (κ1) is 19.7. The van der Waals surface area contributed by atoms with Gasteiger partial charge in [0.05, 0.1) is 30.7 Å². The van der Waals surface area contributed by atoms with Crippen molar-refractivity contribution < 1.29 is 9.53 Å². The number of rotatable bonds is 3. The third kappa shape index (κ3) is 3.58. The van der Waals surface area contributed by atoms with Crippen LogP contribution < -0.4 is 10.1 Å². The average molecular weight is 450 g/mol. The van der Waals surface area contributed by atoms with Gasteiger partial charge in [0, 0.05) is 16.1 Å². The maximum Gasteiger partial charge on any atom is 0.323 e. The molecule has 3 heterocycles. The second-order valence-electron chi connectivity index (χ2n) is 7.25. The zero-order valence-corrected chi connectivity index (χ0v) is 18.4. The molecule has 1 aliphatic heterocycles. The number of fused-ring (bicyclic) bond motifs is 3. The highest BCUT2D eigenvalue weighted by atomic mass is 35.5. The first-order chi connectivity index (χ1) is 15.2. The lowest BCUT2D eigenvalue weighted by molar-refractivity contribution is 0.195. The van der Waals surface area contributed by atoms with Gasteiger partial charge in [-0.25, -0.2) is 4.79 Å². The maximum atomic E-state index is 13.7. The van der Waals surface area contributed by atoms with Gasteiger partial charge in [0.25, 0.3) is 0 Å². The van der Waals surface area contributed by atoms with Crippen LogP contribution in [-0.4, -0.2) is 22.6 Å². The summed E-state index contributed by atoms with van der Waals surface area (Å²) in [5.41, 5.74) is 3.74. The van der Waals surface area contributed by atoms with E-state index >= 15 is 0 Å². The second-order valence-corrected chi connectivity index (χ2v) is 8.67. The highest BCUT2D eigenvalue weighted by Crippen LogP contribution is 2.39. The number of urea groups is 1. The van der Waals surface area contributed by atoms with Crippen molar-refractivity contribution in [1.82, 2.24) is 9.47 Å². The van der Waals surface area contributed by atoms with E-state index in [1.807, 2.05) is 34.5 Å². The molecule has 7 heteroatoms. The smallest absolute Gasteiger partial charge is 0.323 e. The fourth-order valence-electron chi connectivity index (χ4n) is 4.05. The van der Waals surface area contributed by atoms with Crippen LogP contribution in [0.15, 0.2) is 78.3 Å². The van der Waals surface area contributed by atoms with E-state index in [1.165, 1.54) is 0 Å². The summed E-state index contributed by atoms with van der Waals surface area (Å²) in [6.45, 7) is 0.467. The first-order valence-electron chi connectivity index (χ1n) is 9.86. The van der Waals surface area contributed by atoms with Gasteiger partial charge in [0.2, 0.25) is 0 Å². The van der Waals surface area contributed by atoms with Gasteiger partial charge < -0.3 is 19.5 Å². The van der Waals surface area contributed by atoms with Crippen molar-refractivity contribution in [2.75, 3.05) is 12.4 Å². The lowest BCUT2D eigenvalue weighted by Gasteiger charge is -2.30. The van der Waals surface area contributed by atoms with Crippen LogP contribution in [0.5, 0.6) is 5.75 Å². The summed E-state index contributed by atoms with van der Waals surface area (Å²) in [4.78, 5) is 16.6. The highest BCUT2D eigenvalue weighted by molar-refractivity contribution is 7.10. The van der Waals surface area contributed by atoms with Gasteiger partial charge in [-0.2, -0.15) is 0 Å². The molecule has 0 fully saturated rings. The molecule has 0 saturated carbocycles. The van der Waals surface area contributed by atoms with Gasteiger partial charge in [0.1, 0.15) is 11.8 Å². The molecule has 1 unspecified atom stereocenters. The van der Waals surface area contributed by atoms with E-state index in [1.54, 1.807) is 36.6 Å². The predicted molar refractivity (Wildman–Crippen MR) is 124 cm³/mol. The number of anilines is 1. The van der Waals surface area contributed by atoms with Crippen LogP contribution in [0.3, 0.4) is 0 Å². The number of hydrogen-bond donors (Lipinski definition) is 1. The van der Waals surface area contributed by atoms with Crippen molar-refractivity contribution in [1.29, 1.82) is 0 Å². The molecule has 0 aliphatic carbocycles. The Morgan fingerprint density at radius 1 is 1.13 bits per heavy atom. The van der Waals surface area contributed by atoms with Gasteiger partial charge in [-0.15, -0.1) is 11.3 Å². The van der Waals surface area contributed by atoms with E-state index in [9.17, 15) is 4.79 Å². The number of hydrogen-bond acceptors (Lipinski definition) is 3. The SMILES string of the molecule is COc1ccc(Cl)cc1NC(=O)N1Cc2ccccc2-n2cccc2C1c1cccs1. The van der Waals surface area contributed by atoms with Crippen molar-refractivity contribution in [3.8, 4) is 11.4 Å². The van der Waals surface area contributed by atoms with E-state index in [-0.39, 0.29) is 12.1 Å². The number of amides is 2. The van der Waals surface area contributed by atoms with Crippen molar-refractivity contribution in [2.24, 2.45) is 0 Å². The van der Waals surface area contributed by atoms with Gasteiger partial charge in [-0.3, -0.25) is 0 Å². The van der Waals surface area contributed by atoms with Crippen LogP contribution >= 0.6 is 22.9 Å². The van der Waals surface area contributed by atoms with Crippen molar-refractivity contribution in [3.63, 3.8) is 0 Å². The Kier molecular flexibility index (Phi) is 5.18. The first-order valence-corrected chi connectivity index (χ1v) is 11.1. The quantitative estimate of drug-likeness (QED) is 0.396. The normalized spacial score (nSPS) is 15.0. The Morgan fingerprint density at radius 2 is 2.00 bits per heavy atom. The molecular weight excluding hydrogens is 430 g/mol. The molecule has 0 radical (unpaired) electrons. The standard InChI is InChI=1S/C24H20ClN3O2S/c1-30-21-11-10-17(25)14-18(21)26-24(29)28-15-16-6-2-3-7-19(16)27-12-4-8-20(27)23(28)22-9-5-13-31-22/h2-14,23H,15H2,1H3,(H,26,29). The van der Waals surface area contributed by atoms with Crippen LogP contribution in [0.2, 0.25) is 5.02 Å². The number of methoxy groups -OCH3 is 1. The fourth-order valence-corrected chi connectivity index (χ4v) is 5.07. The molecule has 1 aliphatic rings. The number of benzene rings is 2. The topological polar surface area (TPSA) is 46.5 Å². The van der Waals surface area contributed by atoms with Crippen LogP contribution in [0.25, 0.3) is 5.69 Å². The Bertz CT molecular complexity index is 1240. The minimum Gasteiger partial charge on any atom is -0.495 e. The van der Waals surface area contributed by atoms with Crippen LogP contribution in [0.4, 0.5) is 10.5 Å². The Balaban J connectivity index is 1.61. The molecular formula is C24H20ClN3O2S. The summed E-state index contributed by atoms with van der Waals surface area (Å²) in [6.07, 6.45) is 2.05. The Morgan fingerprint density at radius 3 is 2.81 bits per heavy atom. The molecule has 1 N–H and O–H groups in total. The summed E-state index contributed by atoms with van der Waals surface area (Å²) in [5, 5.41) is 5.59. The molecule has 0 spiro atoms. The third-order valence-corrected chi connectivity index (χ3v) is 6.60. The van der Waals surface area contributed by atoms with E-state index in [0.29, 0.717) is 23.0 Å². The average Bonchev–Trinajstić information content (AvgIpc) is 3.45. The van der Waals surface area contributed by atoms with Gasteiger partial charge in [-0.1, -0.05) is 35.9 Å². The lowest BCUT2D eigenvalue weighted by atomic mass is 10.1. The van der Waals surface area contributed by atoms with E-state index in [4.69, 9.17) is 16.3 Å². The summed E-state index contributed by atoms with van der Waals surface area (Å²) < 4.78 is 7.59. The van der Waals surface area contributed by atoms with Gasteiger partial charge in [0.15, 0.2) is 0 Å². The number of para-hydroxylation sites is 1. The zero-order chi connectivity index (χ0) is 21.4. The molecule has 0 saturated heterocycles. The molecule has 1 atom stereocenters. The lowest BCUT2D eigenvalue weighted by Crippen LogP contribution is -2.37. The minimum atomic E-state index is -0.229. The number of carbonyl (C=O) groups is 1. The fraction of sp³-hybridized carbons (Fsp3) is 0.125. The molecule has 0 bridgehead atoms. The zero-order valence-electron chi connectivity index (χ0n) is 16.8. The predicted octanol–water partition coefficient (Wildman–Crippen LogP) is 6.34. The van der Waals surface area contributed by atoms with Crippen LogP contribution in [0.1, 0.15) is 22.2 Å². The van der Waals surface area contributed by atoms with Crippen molar-refractivity contribution in [3.05, 3.63) is 99.5 Å². The van der Waals surface area contributed by atoms with Gasteiger partial charge in [-0.05, 0) is 53.4 Å². The highest BCUT2D eigenvalue weighted by Gasteiger charge is 2.33. The summed E-state index contributed by atoms with van der Waals surface area (Å²) in [6, 6.07) is 21.1. The van der Waals surface area contributed by atoms with Crippen LogP contribution in [0, 0.1) is 0 Å². The summed E-state index contributed by atoms with van der Waals surface area (Å²) in [5.74, 6) is 0.559. The van der Waals surface area contributed by atoms with Gasteiger partial charge >= 0.3 is 6.03 Å². The molecule has 5 nitrogen and oxygen atoms in total. The number of aromatic nitrogens is 1. The molecule has 2 aromatic carbocycles. The van der Waals surface area contributed by atoms with Crippen molar-refractivity contribution in [2.45, 2.75) is 12.6 Å². The van der Waals surface area contributed by atoms with Crippen molar-refractivity contribution >= 4 is 34.7 Å². The molecule has 31 heavy (non-hydrogen) atoms. The van der Waals surface area contributed by atoms with E-state index in [2.05, 4.69) is 40.3 Å². The number of halogens is 1. The van der Waals surface area contributed by atoms with E-state index in [0.717, 1.165) is 21.8 Å². The van der Waals surface area contributed by atoms with Crippen LogP contribution in [-0.2, 0) is 6.54 Å². The number of nitrogens with one attached hydrogen (secondary N) is 1. The maximum absolute atomic E-state index is 13.7. The number of ether oxygens (including phenoxy) is 1. The monoisotopic (exact) mass is 449 g/mol. The third-order valence-electron chi connectivity index (χ3n) is 5.44. The number of nitrogens with zero attached hydrogens (tertiary/aromatic N) is 2. The van der Waals surface area contributed by atoms with E-state index < -0.39 is 0 Å². The largest absolute Gasteiger partial charge is 0.495 e. The summed E-state index contributed by atoms with van der Waals surface area (Å²) in [7, 11) is 1.57. The molecule has 156 valence electrons. The molecule has 2 aromatic heterocycles. The number of thiophene rings is 1. The Hall–Kier alpha value is -3.22. The minimum absolute atomic E-state index is 0.219. The summed E-state index contributed by atoms with van der Waals surface area (Å²) >= 11 is 7.82.